The minimum absolute atomic E-state index is 0.283. The molecule has 1 aromatic carbocycles. The molecule has 0 aliphatic carbocycles. The van der Waals surface area contributed by atoms with E-state index in [9.17, 15) is 14.4 Å². The molecule has 2 rings (SSSR count). The molecule has 1 aliphatic rings. The Balaban J connectivity index is 2.24. The average Bonchev–Trinajstić information content (AvgIpc) is 2.50. The molecule has 1 atom stereocenters. The number of hydrogen-bond donors (Lipinski definition) is 1. The van der Waals surface area contributed by atoms with Gasteiger partial charge in [0.1, 0.15) is 0 Å². The monoisotopic (exact) mass is 303 g/mol. The zero-order valence-corrected chi connectivity index (χ0v) is 12.7. The van der Waals surface area contributed by atoms with Crippen LogP contribution in [0.4, 0.5) is 0 Å². The van der Waals surface area contributed by atoms with E-state index in [-0.39, 0.29) is 18.2 Å². The summed E-state index contributed by atoms with van der Waals surface area (Å²) < 4.78 is 0. The van der Waals surface area contributed by atoms with E-state index < -0.39 is 11.9 Å². The van der Waals surface area contributed by atoms with E-state index in [2.05, 4.69) is 6.92 Å². The number of imide groups is 1. The van der Waals surface area contributed by atoms with Crippen molar-refractivity contribution in [3.05, 3.63) is 35.4 Å². The largest absolute Gasteiger partial charge is 0.481 e. The maximum Gasteiger partial charge on any atom is 0.304 e. The maximum atomic E-state index is 12.5. The molecule has 118 valence electrons. The number of carbonyl (C=O) groups is 3. The number of nitrogens with zero attached hydrogens (tertiary/aromatic N) is 1. The number of rotatable bonds is 7. The molecule has 1 aliphatic heterocycles. The Hall–Kier alpha value is -2.17. The van der Waals surface area contributed by atoms with Gasteiger partial charge in [-0.25, -0.2) is 0 Å². The lowest BCUT2D eigenvalue weighted by Gasteiger charge is -2.32. The molecule has 0 saturated carbocycles. The molecular weight excluding hydrogens is 282 g/mol. The highest BCUT2D eigenvalue weighted by Gasteiger charge is 2.39. The Morgan fingerprint density at radius 1 is 1.18 bits per heavy atom. The van der Waals surface area contributed by atoms with E-state index >= 15 is 0 Å². The summed E-state index contributed by atoms with van der Waals surface area (Å²) in [6, 6.07) is 6.80. The summed E-state index contributed by atoms with van der Waals surface area (Å²) in [5.41, 5.74) is 0.980. The summed E-state index contributed by atoms with van der Waals surface area (Å²) in [5, 5.41) is 9.05. The lowest BCUT2D eigenvalue weighted by Crippen LogP contribution is -2.45. The van der Waals surface area contributed by atoms with Gasteiger partial charge in [-0.15, -0.1) is 0 Å². The van der Waals surface area contributed by atoms with Gasteiger partial charge in [0.05, 0.1) is 12.3 Å². The van der Waals surface area contributed by atoms with Crippen molar-refractivity contribution >= 4 is 17.8 Å². The molecule has 5 heteroatoms. The summed E-state index contributed by atoms with van der Waals surface area (Å²) in [6.07, 6.45) is 3.57. The van der Waals surface area contributed by atoms with Gasteiger partial charge in [-0.2, -0.15) is 0 Å². The predicted molar refractivity (Wildman–Crippen MR) is 81.6 cm³/mol. The number of carbonyl (C=O) groups excluding carboxylic acids is 2. The van der Waals surface area contributed by atoms with Crippen LogP contribution in [-0.2, 0) is 9.59 Å². The van der Waals surface area contributed by atoms with Crippen LogP contribution in [0.15, 0.2) is 24.3 Å². The minimum atomic E-state index is -1.03. The van der Waals surface area contributed by atoms with Crippen LogP contribution in [0.5, 0.6) is 0 Å². The third-order valence-electron chi connectivity index (χ3n) is 3.99. The summed E-state index contributed by atoms with van der Waals surface area (Å²) in [4.78, 5) is 37.3. The maximum absolute atomic E-state index is 12.5. The Kier molecular flexibility index (Phi) is 5.31. The zero-order valence-electron chi connectivity index (χ0n) is 12.7. The SMILES string of the molecule is CCCCCCN1C(=O)c2ccccc2C(CC(=O)O)C1=O. The summed E-state index contributed by atoms with van der Waals surface area (Å²) >= 11 is 0. The predicted octanol–water partition coefficient (Wildman–Crippen LogP) is 2.81. The number of benzene rings is 1. The smallest absolute Gasteiger partial charge is 0.304 e. The van der Waals surface area contributed by atoms with Crippen LogP contribution in [0, 0.1) is 0 Å². The molecule has 0 fully saturated rings. The lowest BCUT2D eigenvalue weighted by molar-refractivity contribution is -0.141. The Labute approximate surface area is 129 Å². The highest BCUT2D eigenvalue weighted by atomic mass is 16.4. The summed E-state index contributed by atoms with van der Waals surface area (Å²) in [5.74, 6) is -2.49. The lowest BCUT2D eigenvalue weighted by atomic mass is 9.86. The van der Waals surface area contributed by atoms with Crippen molar-refractivity contribution in [3.63, 3.8) is 0 Å². The van der Waals surface area contributed by atoms with Gasteiger partial charge < -0.3 is 5.11 Å². The van der Waals surface area contributed by atoms with Crippen LogP contribution in [0.2, 0.25) is 0 Å². The molecule has 1 unspecified atom stereocenters. The first-order valence-electron chi connectivity index (χ1n) is 7.72. The Morgan fingerprint density at radius 3 is 2.59 bits per heavy atom. The number of aliphatic carboxylic acids is 1. The van der Waals surface area contributed by atoms with E-state index in [4.69, 9.17) is 5.11 Å². The second-order valence-electron chi connectivity index (χ2n) is 5.59. The van der Waals surface area contributed by atoms with Gasteiger partial charge in [-0.05, 0) is 18.1 Å². The van der Waals surface area contributed by atoms with Crippen molar-refractivity contribution in [2.45, 2.75) is 44.9 Å². The van der Waals surface area contributed by atoms with Crippen molar-refractivity contribution in [3.8, 4) is 0 Å². The van der Waals surface area contributed by atoms with E-state index in [0.717, 1.165) is 25.7 Å². The molecule has 0 bridgehead atoms. The third kappa shape index (κ3) is 3.35. The molecule has 0 aromatic heterocycles. The molecule has 0 radical (unpaired) electrons. The fraction of sp³-hybridized carbons (Fsp3) is 0.471. The minimum Gasteiger partial charge on any atom is -0.481 e. The quantitative estimate of drug-likeness (QED) is 0.621. The number of unbranched alkanes of at least 4 members (excludes halogenated alkanes) is 3. The van der Waals surface area contributed by atoms with Gasteiger partial charge in [0, 0.05) is 12.1 Å². The van der Waals surface area contributed by atoms with Gasteiger partial charge in [0.25, 0.3) is 5.91 Å². The normalized spacial score (nSPS) is 17.5. The molecule has 22 heavy (non-hydrogen) atoms. The standard InChI is InChI=1S/C17H21NO4/c1-2-3-4-7-10-18-16(21)13-9-6-5-8-12(13)14(17(18)22)11-15(19)20/h5-6,8-9,14H,2-4,7,10-11H2,1H3,(H,19,20). The van der Waals surface area contributed by atoms with E-state index in [0.29, 0.717) is 17.7 Å². The Morgan fingerprint density at radius 2 is 1.91 bits per heavy atom. The van der Waals surface area contributed by atoms with Crippen molar-refractivity contribution in [2.75, 3.05) is 6.54 Å². The average molecular weight is 303 g/mol. The van der Waals surface area contributed by atoms with Crippen molar-refractivity contribution in [1.82, 2.24) is 4.90 Å². The first-order chi connectivity index (χ1) is 10.6. The van der Waals surface area contributed by atoms with Crippen molar-refractivity contribution in [1.29, 1.82) is 0 Å². The molecule has 5 nitrogen and oxygen atoms in total. The summed E-state index contributed by atoms with van der Waals surface area (Å²) in [6.45, 7) is 2.46. The molecule has 1 N–H and O–H groups in total. The molecular formula is C17H21NO4. The van der Waals surface area contributed by atoms with Gasteiger partial charge >= 0.3 is 5.97 Å². The number of hydrogen-bond acceptors (Lipinski definition) is 3. The first-order valence-corrected chi connectivity index (χ1v) is 7.72. The summed E-state index contributed by atoms with van der Waals surface area (Å²) in [7, 11) is 0. The van der Waals surface area contributed by atoms with E-state index in [1.54, 1.807) is 24.3 Å². The molecule has 0 saturated heterocycles. The molecule has 1 heterocycles. The van der Waals surface area contributed by atoms with Crippen LogP contribution < -0.4 is 0 Å². The number of fused-ring (bicyclic) bond motifs is 1. The highest BCUT2D eigenvalue weighted by Crippen LogP contribution is 2.32. The molecule has 0 spiro atoms. The fourth-order valence-electron chi connectivity index (χ4n) is 2.84. The van der Waals surface area contributed by atoms with Crippen molar-refractivity contribution in [2.24, 2.45) is 0 Å². The number of carboxylic acid groups (broad SMARTS) is 1. The van der Waals surface area contributed by atoms with Gasteiger partial charge in [-0.1, -0.05) is 44.4 Å². The first kappa shape index (κ1) is 16.2. The van der Waals surface area contributed by atoms with Crippen LogP contribution in [-0.4, -0.2) is 34.3 Å². The number of amides is 2. The van der Waals surface area contributed by atoms with Crippen LogP contribution >= 0.6 is 0 Å². The number of carboxylic acids is 1. The second-order valence-corrected chi connectivity index (χ2v) is 5.59. The molecule has 1 aromatic rings. The van der Waals surface area contributed by atoms with Gasteiger partial charge in [0.2, 0.25) is 5.91 Å². The second kappa shape index (κ2) is 7.20. The Bertz CT molecular complexity index is 582. The fourth-order valence-corrected chi connectivity index (χ4v) is 2.84. The van der Waals surface area contributed by atoms with E-state index in [1.165, 1.54) is 4.90 Å². The van der Waals surface area contributed by atoms with E-state index in [1.807, 2.05) is 0 Å². The molecule has 2 amide bonds. The van der Waals surface area contributed by atoms with Gasteiger partial charge in [0.15, 0.2) is 0 Å². The van der Waals surface area contributed by atoms with Crippen LogP contribution in [0.1, 0.15) is 60.9 Å². The topological polar surface area (TPSA) is 74.7 Å². The zero-order chi connectivity index (χ0) is 16.1. The van der Waals surface area contributed by atoms with Crippen LogP contribution in [0.25, 0.3) is 0 Å². The highest BCUT2D eigenvalue weighted by molar-refractivity contribution is 6.12. The van der Waals surface area contributed by atoms with Crippen molar-refractivity contribution < 1.29 is 19.5 Å². The van der Waals surface area contributed by atoms with Crippen LogP contribution in [0.3, 0.4) is 0 Å². The third-order valence-corrected chi connectivity index (χ3v) is 3.99. The van der Waals surface area contributed by atoms with Gasteiger partial charge in [-0.3, -0.25) is 19.3 Å².